The molecule has 7 nitrogen and oxygen atoms in total. The summed E-state index contributed by atoms with van der Waals surface area (Å²) in [5, 5.41) is 7.01. The molecule has 8 heteroatoms. The van der Waals surface area contributed by atoms with E-state index in [0.29, 0.717) is 43.8 Å². The quantitative estimate of drug-likeness (QED) is 0.767. The van der Waals surface area contributed by atoms with Crippen LogP contribution in [-0.4, -0.2) is 42.9 Å². The van der Waals surface area contributed by atoms with Crippen molar-refractivity contribution < 1.29 is 17.7 Å². The second-order valence-corrected chi connectivity index (χ2v) is 12.4. The summed E-state index contributed by atoms with van der Waals surface area (Å²) in [5.74, 6) is 3.05. The first-order chi connectivity index (χ1) is 14.2. The Kier molecular flexibility index (Phi) is 5.01. The maximum absolute atomic E-state index is 13.0. The Morgan fingerprint density at radius 2 is 1.67 bits per heavy atom. The van der Waals surface area contributed by atoms with E-state index in [2.05, 4.69) is 10.5 Å². The number of carbonyl (C=O) groups excluding carboxylic acids is 1. The zero-order valence-corrected chi connectivity index (χ0v) is 18.8. The molecule has 166 valence electrons. The number of piperidine rings is 1. The van der Waals surface area contributed by atoms with Gasteiger partial charge in [0.2, 0.25) is 15.9 Å². The summed E-state index contributed by atoms with van der Waals surface area (Å²) >= 11 is 0. The van der Waals surface area contributed by atoms with E-state index < -0.39 is 10.0 Å². The van der Waals surface area contributed by atoms with Gasteiger partial charge in [0.05, 0.1) is 0 Å². The second-order valence-electron chi connectivity index (χ2n) is 10.5. The Bertz CT molecular complexity index is 875. The van der Waals surface area contributed by atoms with Gasteiger partial charge in [0.1, 0.15) is 10.6 Å². The fourth-order valence-corrected chi connectivity index (χ4v) is 9.10. The van der Waals surface area contributed by atoms with Crippen LogP contribution in [0.1, 0.15) is 69.2 Å². The molecule has 0 unspecified atom stereocenters. The highest BCUT2D eigenvalue weighted by Gasteiger charge is 2.51. The predicted octanol–water partition coefficient (Wildman–Crippen LogP) is 3.17. The summed E-state index contributed by atoms with van der Waals surface area (Å²) in [5.41, 5.74) is 0.644. The molecule has 6 rings (SSSR count). The Morgan fingerprint density at radius 1 is 1.10 bits per heavy atom. The van der Waals surface area contributed by atoms with Crippen molar-refractivity contribution in [2.75, 3.05) is 13.1 Å². The Labute approximate surface area is 179 Å². The smallest absolute Gasteiger partial charge is 0.248 e. The number of rotatable bonds is 5. The van der Waals surface area contributed by atoms with E-state index in [9.17, 15) is 13.2 Å². The first-order valence-corrected chi connectivity index (χ1v) is 12.9. The minimum Gasteiger partial charge on any atom is -0.360 e. The lowest BCUT2D eigenvalue weighted by molar-refractivity contribution is -0.130. The first-order valence-electron chi connectivity index (χ1n) is 11.5. The summed E-state index contributed by atoms with van der Waals surface area (Å²) in [6.45, 7) is 4.11. The molecule has 0 spiro atoms. The zero-order chi connectivity index (χ0) is 21.1. The van der Waals surface area contributed by atoms with Crippen LogP contribution in [-0.2, 0) is 14.8 Å². The standard InChI is InChI=1S/C22H33N3O4S/c1-14-21(15(2)29-24-14)30(27,28)25-5-3-19(4-6-25)23-20(26)13-22-10-16-7-17(11-22)9-18(8-16)12-22/h16-19H,3-13H2,1-2H3,(H,23,26). The number of hydrogen-bond acceptors (Lipinski definition) is 5. The monoisotopic (exact) mass is 435 g/mol. The van der Waals surface area contributed by atoms with E-state index in [1.54, 1.807) is 13.8 Å². The van der Waals surface area contributed by atoms with Crippen LogP contribution in [0, 0.1) is 37.0 Å². The number of nitrogens with zero attached hydrogens (tertiary/aromatic N) is 2. The third-order valence-corrected chi connectivity index (χ3v) is 10.2. The van der Waals surface area contributed by atoms with E-state index in [4.69, 9.17) is 4.52 Å². The lowest BCUT2D eigenvalue weighted by Crippen LogP contribution is -2.50. The van der Waals surface area contributed by atoms with Crippen LogP contribution >= 0.6 is 0 Å². The molecular weight excluding hydrogens is 402 g/mol. The Hall–Kier alpha value is -1.41. The maximum Gasteiger partial charge on any atom is 0.248 e. The van der Waals surface area contributed by atoms with Gasteiger partial charge in [-0.3, -0.25) is 4.79 Å². The van der Waals surface area contributed by atoms with Crippen LogP contribution in [0.4, 0.5) is 0 Å². The van der Waals surface area contributed by atoms with Crippen LogP contribution in [0.2, 0.25) is 0 Å². The van der Waals surface area contributed by atoms with Gasteiger partial charge >= 0.3 is 0 Å². The second kappa shape index (κ2) is 7.33. The molecule has 1 aromatic rings. The van der Waals surface area contributed by atoms with Crippen molar-refractivity contribution in [3.05, 3.63) is 11.5 Å². The molecule has 0 aromatic carbocycles. The number of sulfonamides is 1. The SMILES string of the molecule is Cc1noc(C)c1S(=O)(=O)N1CCC(NC(=O)CC23CC4CC(CC(C4)C2)C3)CC1. The minimum atomic E-state index is -3.60. The van der Waals surface area contributed by atoms with Gasteiger partial charge in [0.25, 0.3) is 0 Å². The normalized spacial score (nSPS) is 34.4. The van der Waals surface area contributed by atoms with Gasteiger partial charge in [-0.25, -0.2) is 8.42 Å². The topological polar surface area (TPSA) is 92.5 Å². The molecule has 1 aromatic heterocycles. The number of aryl methyl sites for hydroxylation is 2. The summed E-state index contributed by atoms with van der Waals surface area (Å²) in [6, 6.07) is 0.0579. The Morgan fingerprint density at radius 3 is 2.17 bits per heavy atom. The molecule has 1 amide bonds. The van der Waals surface area contributed by atoms with Crippen LogP contribution < -0.4 is 5.32 Å². The fraction of sp³-hybridized carbons (Fsp3) is 0.818. The van der Waals surface area contributed by atoms with Crippen molar-refractivity contribution >= 4 is 15.9 Å². The number of amides is 1. The van der Waals surface area contributed by atoms with Crippen molar-refractivity contribution in [3.63, 3.8) is 0 Å². The van der Waals surface area contributed by atoms with E-state index in [1.165, 1.54) is 42.8 Å². The molecule has 1 aliphatic heterocycles. The molecule has 4 bridgehead atoms. The highest BCUT2D eigenvalue weighted by Crippen LogP contribution is 2.61. The largest absolute Gasteiger partial charge is 0.360 e. The minimum absolute atomic E-state index is 0.0579. The number of hydrogen-bond donors (Lipinski definition) is 1. The fourth-order valence-electron chi connectivity index (χ4n) is 7.34. The van der Waals surface area contributed by atoms with Crippen LogP contribution in [0.15, 0.2) is 9.42 Å². The molecule has 0 radical (unpaired) electrons. The van der Waals surface area contributed by atoms with Gasteiger partial charge in [-0.2, -0.15) is 4.31 Å². The summed E-state index contributed by atoms with van der Waals surface area (Å²) in [7, 11) is -3.60. The van der Waals surface area contributed by atoms with Crippen molar-refractivity contribution in [1.29, 1.82) is 0 Å². The highest BCUT2D eigenvalue weighted by molar-refractivity contribution is 7.89. The molecule has 30 heavy (non-hydrogen) atoms. The summed E-state index contributed by atoms with van der Waals surface area (Å²) in [4.78, 5) is 13.1. The highest BCUT2D eigenvalue weighted by atomic mass is 32.2. The van der Waals surface area contributed by atoms with Crippen LogP contribution in [0.5, 0.6) is 0 Å². The zero-order valence-electron chi connectivity index (χ0n) is 18.0. The maximum atomic E-state index is 13.0. The molecule has 5 aliphatic rings. The van der Waals surface area contributed by atoms with Crippen molar-refractivity contribution in [2.45, 2.75) is 82.6 Å². The van der Waals surface area contributed by atoms with Crippen LogP contribution in [0.25, 0.3) is 0 Å². The number of nitrogens with one attached hydrogen (secondary N) is 1. The predicted molar refractivity (Wildman–Crippen MR) is 111 cm³/mol. The molecular formula is C22H33N3O4S. The van der Waals surface area contributed by atoms with Crippen molar-refractivity contribution in [2.24, 2.45) is 23.2 Å². The molecule has 0 atom stereocenters. The lowest BCUT2D eigenvalue weighted by atomic mass is 9.49. The third kappa shape index (κ3) is 3.60. The van der Waals surface area contributed by atoms with Gasteiger partial charge in [-0.05, 0) is 88.4 Å². The van der Waals surface area contributed by atoms with E-state index in [-0.39, 0.29) is 22.3 Å². The molecule has 5 fully saturated rings. The summed E-state index contributed by atoms with van der Waals surface area (Å²) < 4.78 is 32.5. The number of aromatic nitrogens is 1. The van der Waals surface area contributed by atoms with E-state index in [0.717, 1.165) is 17.8 Å². The van der Waals surface area contributed by atoms with Gasteiger partial charge in [-0.1, -0.05) is 5.16 Å². The van der Waals surface area contributed by atoms with Crippen molar-refractivity contribution in [3.8, 4) is 0 Å². The van der Waals surface area contributed by atoms with Gasteiger partial charge in [-0.15, -0.1) is 0 Å². The average Bonchev–Trinajstić information content (AvgIpc) is 2.99. The van der Waals surface area contributed by atoms with Crippen molar-refractivity contribution in [1.82, 2.24) is 14.8 Å². The average molecular weight is 436 g/mol. The lowest BCUT2D eigenvalue weighted by Gasteiger charge is -2.56. The first kappa shape index (κ1) is 20.5. The van der Waals surface area contributed by atoms with Gasteiger partial charge in [0.15, 0.2) is 5.76 Å². The molecule has 1 saturated heterocycles. The number of carbonyl (C=O) groups is 1. The van der Waals surface area contributed by atoms with E-state index in [1.807, 2.05) is 0 Å². The third-order valence-electron chi connectivity index (χ3n) is 8.09. The molecule has 2 heterocycles. The van der Waals surface area contributed by atoms with E-state index >= 15 is 0 Å². The van der Waals surface area contributed by atoms with Gasteiger partial charge < -0.3 is 9.84 Å². The van der Waals surface area contributed by atoms with Gasteiger partial charge in [0, 0.05) is 25.6 Å². The molecule has 4 saturated carbocycles. The summed E-state index contributed by atoms with van der Waals surface area (Å²) in [6.07, 6.45) is 9.83. The van der Waals surface area contributed by atoms with Crippen LogP contribution in [0.3, 0.4) is 0 Å². The Balaban J connectivity index is 1.16. The molecule has 1 N–H and O–H groups in total. The molecule has 4 aliphatic carbocycles.